The van der Waals surface area contributed by atoms with E-state index in [2.05, 4.69) is 0 Å². The van der Waals surface area contributed by atoms with E-state index in [1.54, 1.807) is 27.7 Å². The Balaban J connectivity index is 3.03. The Labute approximate surface area is 78.9 Å². The third-order valence-corrected chi connectivity index (χ3v) is 3.16. The number of piperidine rings is 1. The third kappa shape index (κ3) is 1.48. The number of nitrogens with zero attached hydrogens (tertiary/aromatic N) is 1. The van der Waals surface area contributed by atoms with Gasteiger partial charge in [0.05, 0.1) is 6.10 Å². The molecule has 78 valence electrons. The molecule has 3 N–H and O–H groups in total. The number of hydroxylamine groups is 4. The van der Waals surface area contributed by atoms with E-state index in [1.807, 2.05) is 0 Å². The molecule has 4 heteroatoms. The van der Waals surface area contributed by atoms with Crippen LogP contribution in [0.25, 0.3) is 0 Å². The second-order valence-electron chi connectivity index (χ2n) is 5.29. The summed E-state index contributed by atoms with van der Waals surface area (Å²) in [7, 11) is 0. The highest BCUT2D eigenvalue weighted by molar-refractivity contribution is 4.86. The standard InChI is InChI=1S/C9H20NO3/c1-8(2)5-7(11)6-9(3,4)10(8,12)13/h7,11-13H,5-6H2,1-4H3/q+1. The van der Waals surface area contributed by atoms with Crippen LogP contribution in [0.15, 0.2) is 0 Å². The lowest BCUT2D eigenvalue weighted by molar-refractivity contribution is -1.30. The van der Waals surface area contributed by atoms with Crippen molar-refractivity contribution in [1.29, 1.82) is 0 Å². The number of hydrogen-bond acceptors (Lipinski definition) is 3. The molecule has 1 aliphatic heterocycles. The summed E-state index contributed by atoms with van der Waals surface area (Å²) in [5, 5.41) is 29.4. The van der Waals surface area contributed by atoms with Gasteiger partial charge < -0.3 is 5.11 Å². The van der Waals surface area contributed by atoms with E-state index in [0.717, 1.165) is 0 Å². The molecule has 0 aromatic carbocycles. The van der Waals surface area contributed by atoms with Gasteiger partial charge in [0.1, 0.15) is 0 Å². The minimum atomic E-state index is -1.02. The molecule has 4 nitrogen and oxygen atoms in total. The van der Waals surface area contributed by atoms with Crippen molar-refractivity contribution >= 4 is 0 Å². The number of aliphatic hydroxyl groups is 1. The zero-order chi connectivity index (χ0) is 10.5. The topological polar surface area (TPSA) is 60.7 Å². The molecule has 0 bridgehead atoms. The molecule has 0 radical (unpaired) electrons. The quantitative estimate of drug-likeness (QED) is 0.504. The van der Waals surface area contributed by atoms with Crippen molar-refractivity contribution in [2.75, 3.05) is 0 Å². The van der Waals surface area contributed by atoms with Crippen LogP contribution >= 0.6 is 0 Å². The summed E-state index contributed by atoms with van der Waals surface area (Å²) in [5.41, 5.74) is -1.44. The number of rotatable bonds is 0. The molecule has 1 aliphatic rings. The van der Waals surface area contributed by atoms with Gasteiger partial charge in [0.15, 0.2) is 11.1 Å². The largest absolute Gasteiger partial charge is 0.393 e. The Kier molecular flexibility index (Phi) is 2.24. The van der Waals surface area contributed by atoms with Gasteiger partial charge in [0.2, 0.25) is 0 Å². The molecule has 1 rings (SSSR count). The summed E-state index contributed by atoms with van der Waals surface area (Å²) in [6.07, 6.45) is 0.364. The second kappa shape index (κ2) is 2.67. The molecule has 1 heterocycles. The average Bonchev–Trinajstić information content (AvgIpc) is 1.80. The molecule has 0 aliphatic carbocycles. The van der Waals surface area contributed by atoms with E-state index in [9.17, 15) is 15.5 Å². The van der Waals surface area contributed by atoms with Crippen molar-refractivity contribution < 1.29 is 20.3 Å². The molecule has 0 unspecified atom stereocenters. The van der Waals surface area contributed by atoms with Crippen LogP contribution in [-0.2, 0) is 0 Å². The maximum atomic E-state index is 9.93. The molecule has 0 spiro atoms. The van der Waals surface area contributed by atoms with Crippen LogP contribution in [0.4, 0.5) is 0 Å². The second-order valence-corrected chi connectivity index (χ2v) is 5.29. The van der Waals surface area contributed by atoms with Gasteiger partial charge in [0, 0.05) is 12.8 Å². The fourth-order valence-corrected chi connectivity index (χ4v) is 2.30. The highest BCUT2D eigenvalue weighted by Crippen LogP contribution is 2.41. The molecule has 13 heavy (non-hydrogen) atoms. The van der Waals surface area contributed by atoms with Crippen molar-refractivity contribution in [2.24, 2.45) is 0 Å². The van der Waals surface area contributed by atoms with Gasteiger partial charge >= 0.3 is 0 Å². The smallest absolute Gasteiger partial charge is 0.159 e. The van der Waals surface area contributed by atoms with Crippen molar-refractivity contribution in [1.82, 2.24) is 0 Å². The molecular formula is C9H20NO3+. The first-order valence-electron chi connectivity index (χ1n) is 4.63. The molecule has 1 saturated heterocycles. The highest BCUT2D eigenvalue weighted by Gasteiger charge is 2.60. The fourth-order valence-electron chi connectivity index (χ4n) is 2.30. The predicted molar refractivity (Wildman–Crippen MR) is 47.2 cm³/mol. The van der Waals surface area contributed by atoms with E-state index < -0.39 is 22.0 Å². The van der Waals surface area contributed by atoms with Gasteiger partial charge in [-0.3, -0.25) is 0 Å². The minimum Gasteiger partial charge on any atom is -0.393 e. The Morgan fingerprint density at radius 1 is 1.00 bits per heavy atom. The average molecular weight is 190 g/mol. The van der Waals surface area contributed by atoms with Crippen LogP contribution in [0.3, 0.4) is 0 Å². The Bertz CT molecular complexity index is 191. The Hall–Kier alpha value is -0.160. The molecule has 0 aromatic rings. The summed E-state index contributed by atoms with van der Waals surface area (Å²) in [4.78, 5) is -1.02. The van der Waals surface area contributed by atoms with Crippen molar-refractivity contribution in [3.05, 3.63) is 0 Å². The van der Waals surface area contributed by atoms with Gasteiger partial charge in [0.25, 0.3) is 0 Å². The van der Waals surface area contributed by atoms with Crippen LogP contribution in [-0.4, -0.2) is 37.5 Å². The van der Waals surface area contributed by atoms with Gasteiger partial charge in [-0.2, -0.15) is 10.4 Å². The van der Waals surface area contributed by atoms with E-state index >= 15 is 0 Å². The monoisotopic (exact) mass is 190 g/mol. The number of hydrogen-bond donors (Lipinski definition) is 3. The zero-order valence-electron chi connectivity index (χ0n) is 8.78. The van der Waals surface area contributed by atoms with Crippen LogP contribution in [0.1, 0.15) is 40.5 Å². The van der Waals surface area contributed by atoms with Gasteiger partial charge in [-0.15, -0.1) is 0 Å². The molecule has 1 fully saturated rings. The molecule has 0 saturated carbocycles. The van der Waals surface area contributed by atoms with Crippen molar-refractivity contribution in [2.45, 2.75) is 57.7 Å². The summed E-state index contributed by atoms with van der Waals surface area (Å²) in [6, 6.07) is 0. The number of aliphatic hydroxyl groups excluding tert-OH is 1. The van der Waals surface area contributed by atoms with Crippen molar-refractivity contribution in [3.8, 4) is 0 Å². The normalized spacial score (nSPS) is 31.6. The summed E-state index contributed by atoms with van der Waals surface area (Å²) < 4.78 is 0. The maximum Gasteiger partial charge on any atom is 0.159 e. The minimum absolute atomic E-state index is 0.406. The maximum absolute atomic E-state index is 9.93. The first-order valence-corrected chi connectivity index (χ1v) is 4.63. The summed E-state index contributed by atoms with van der Waals surface area (Å²) >= 11 is 0. The fraction of sp³-hybridized carbons (Fsp3) is 1.00. The predicted octanol–water partition coefficient (Wildman–Crippen LogP) is 1.29. The highest BCUT2D eigenvalue weighted by atomic mass is 16.8. The molecule has 0 amide bonds. The van der Waals surface area contributed by atoms with E-state index in [4.69, 9.17) is 0 Å². The van der Waals surface area contributed by atoms with Crippen LogP contribution in [0.5, 0.6) is 0 Å². The lowest BCUT2D eigenvalue weighted by atomic mass is 9.79. The SMILES string of the molecule is CC1(C)CC(O)CC(C)(C)[N+]1(O)O. The lowest BCUT2D eigenvalue weighted by Gasteiger charge is -2.51. The van der Waals surface area contributed by atoms with Gasteiger partial charge in [-0.05, 0) is 32.5 Å². The summed E-state index contributed by atoms with van der Waals surface area (Å²) in [6.45, 7) is 6.99. The lowest BCUT2D eigenvalue weighted by Crippen LogP contribution is -2.71. The first kappa shape index (κ1) is 10.9. The van der Waals surface area contributed by atoms with Crippen LogP contribution in [0.2, 0.25) is 0 Å². The van der Waals surface area contributed by atoms with Crippen molar-refractivity contribution in [3.63, 3.8) is 0 Å². The van der Waals surface area contributed by atoms with E-state index in [-0.39, 0.29) is 0 Å². The van der Waals surface area contributed by atoms with Gasteiger partial charge in [-0.25, -0.2) is 0 Å². The Morgan fingerprint density at radius 3 is 1.62 bits per heavy atom. The van der Waals surface area contributed by atoms with Crippen LogP contribution < -0.4 is 0 Å². The molecule has 0 aromatic heterocycles. The van der Waals surface area contributed by atoms with E-state index in [0.29, 0.717) is 12.8 Å². The first-order chi connectivity index (χ1) is 5.60. The van der Waals surface area contributed by atoms with E-state index in [1.165, 1.54) is 0 Å². The number of quaternary nitrogens is 1. The molecular weight excluding hydrogens is 170 g/mol. The Morgan fingerprint density at radius 2 is 1.31 bits per heavy atom. The zero-order valence-corrected chi connectivity index (χ0v) is 8.78. The molecule has 0 atom stereocenters. The third-order valence-electron chi connectivity index (χ3n) is 3.16. The summed E-state index contributed by atoms with van der Waals surface area (Å²) in [5.74, 6) is 0. The van der Waals surface area contributed by atoms with Crippen LogP contribution in [0, 0.1) is 0 Å². The van der Waals surface area contributed by atoms with Gasteiger partial charge in [-0.1, -0.05) is 0 Å².